The highest BCUT2D eigenvalue weighted by atomic mass is 35.5. The van der Waals surface area contributed by atoms with Crippen molar-refractivity contribution in [3.63, 3.8) is 0 Å². The zero-order valence-electron chi connectivity index (χ0n) is 19.5. The quantitative estimate of drug-likeness (QED) is 0.391. The van der Waals surface area contributed by atoms with Crippen molar-refractivity contribution in [3.05, 3.63) is 80.6 Å². The first-order valence-corrected chi connectivity index (χ1v) is 11.6. The Morgan fingerprint density at radius 1 is 1.11 bits per heavy atom. The van der Waals surface area contributed by atoms with Crippen LogP contribution in [-0.4, -0.2) is 40.6 Å². The molecule has 1 aliphatic heterocycles. The lowest BCUT2D eigenvalue weighted by Gasteiger charge is -2.27. The molecule has 1 unspecified atom stereocenters. The van der Waals surface area contributed by atoms with Gasteiger partial charge in [-0.15, -0.1) is 0 Å². The highest BCUT2D eigenvalue weighted by Gasteiger charge is 2.37. The number of ether oxygens (including phenoxy) is 2. The molecule has 2 aromatic carbocycles. The van der Waals surface area contributed by atoms with Gasteiger partial charge in [-0.05, 0) is 35.4 Å². The van der Waals surface area contributed by atoms with Crippen LogP contribution < -0.4 is 15.8 Å². The largest absolute Gasteiger partial charge is 0.416 e. The van der Waals surface area contributed by atoms with Crippen LogP contribution in [0, 0.1) is 0 Å². The van der Waals surface area contributed by atoms with E-state index >= 15 is 0 Å². The van der Waals surface area contributed by atoms with Crippen molar-refractivity contribution in [1.82, 2.24) is 9.36 Å². The highest BCUT2D eigenvalue weighted by molar-refractivity contribution is 6.30. The number of aromatic nitrogens is 2. The summed E-state index contributed by atoms with van der Waals surface area (Å²) in [6.45, 7) is 0.768. The van der Waals surface area contributed by atoms with Crippen LogP contribution in [0.4, 0.5) is 24.7 Å². The number of aliphatic hydroxyl groups is 1. The summed E-state index contributed by atoms with van der Waals surface area (Å²) in [5.41, 5.74) is 0.571. The number of anilines is 2. The summed E-state index contributed by atoms with van der Waals surface area (Å²) in [4.78, 5) is 15.1. The third-order valence-electron chi connectivity index (χ3n) is 5.79. The van der Waals surface area contributed by atoms with Crippen LogP contribution in [0.5, 0.6) is 0 Å². The number of fused-ring (bicyclic) bond motifs is 1. The van der Waals surface area contributed by atoms with Gasteiger partial charge < -0.3 is 24.8 Å². The lowest BCUT2D eigenvalue weighted by molar-refractivity contribution is -0.137. The normalized spacial score (nSPS) is 15.3. The molecule has 3 aromatic rings. The lowest BCUT2D eigenvalue weighted by Crippen LogP contribution is -2.41. The predicted molar refractivity (Wildman–Crippen MR) is 129 cm³/mol. The summed E-state index contributed by atoms with van der Waals surface area (Å²) >= 11 is 6.01. The first-order valence-electron chi connectivity index (χ1n) is 11.2. The Bertz CT molecular complexity index is 1240. The van der Waals surface area contributed by atoms with Crippen molar-refractivity contribution < 1.29 is 27.8 Å². The Hall–Kier alpha value is -2.99. The molecule has 1 aliphatic rings. The smallest absolute Gasteiger partial charge is 0.394 e. The Labute approximate surface area is 210 Å². The molecule has 2 heterocycles. The van der Waals surface area contributed by atoms with E-state index in [0.717, 1.165) is 17.7 Å². The fourth-order valence-electron chi connectivity index (χ4n) is 4.03. The molecule has 194 valence electrons. The molecular weight excluding hydrogens is 501 g/mol. The topological polar surface area (TPSA) is 80.9 Å². The number of aliphatic hydroxyl groups excluding tert-OH is 1. The van der Waals surface area contributed by atoms with E-state index in [0.29, 0.717) is 28.6 Å². The first kappa shape index (κ1) is 26.1. The number of nitrogens with one attached hydrogen (secondary N) is 1. The molecular formula is C24H26ClF3N4O4. The zero-order chi connectivity index (χ0) is 25.9. The number of benzene rings is 2. The first-order chi connectivity index (χ1) is 17.2. The summed E-state index contributed by atoms with van der Waals surface area (Å²) in [7, 11) is 1.72. The molecule has 1 aromatic heterocycles. The Morgan fingerprint density at radius 3 is 2.56 bits per heavy atom. The summed E-state index contributed by atoms with van der Waals surface area (Å²) in [5.74, 6) is 0.519. The average Bonchev–Trinajstić information content (AvgIpc) is 3.31. The second-order valence-corrected chi connectivity index (χ2v) is 8.68. The monoisotopic (exact) mass is 526 g/mol. The molecule has 0 saturated heterocycles. The highest BCUT2D eigenvalue weighted by Crippen LogP contribution is 2.34. The second kappa shape index (κ2) is 11.0. The predicted octanol–water partition coefficient (Wildman–Crippen LogP) is 3.80. The zero-order valence-corrected chi connectivity index (χ0v) is 20.2. The third kappa shape index (κ3) is 5.70. The minimum Gasteiger partial charge on any atom is -0.394 e. The van der Waals surface area contributed by atoms with E-state index in [4.69, 9.17) is 26.2 Å². The van der Waals surface area contributed by atoms with Crippen molar-refractivity contribution >= 4 is 23.1 Å². The van der Waals surface area contributed by atoms with Gasteiger partial charge in [0, 0.05) is 18.6 Å². The van der Waals surface area contributed by atoms with Gasteiger partial charge in [0.05, 0.1) is 38.5 Å². The number of alkyl halides is 3. The van der Waals surface area contributed by atoms with Gasteiger partial charge in [0.2, 0.25) is 6.35 Å². The number of hydrogen-bond donors (Lipinski definition) is 2. The lowest BCUT2D eigenvalue weighted by atomic mass is 10.1. The minimum absolute atomic E-state index is 0.101. The molecule has 0 amide bonds. The van der Waals surface area contributed by atoms with Crippen LogP contribution in [-0.2, 0) is 42.4 Å². The van der Waals surface area contributed by atoms with Crippen LogP contribution in [0.25, 0.3) is 0 Å². The van der Waals surface area contributed by atoms with Gasteiger partial charge in [0.25, 0.3) is 5.56 Å². The fraction of sp³-hybridized carbons (Fsp3) is 0.375. The van der Waals surface area contributed by atoms with Crippen LogP contribution in [0.2, 0.25) is 5.02 Å². The van der Waals surface area contributed by atoms with Crippen LogP contribution in [0.15, 0.2) is 53.3 Å². The van der Waals surface area contributed by atoms with Gasteiger partial charge in [-0.1, -0.05) is 35.9 Å². The van der Waals surface area contributed by atoms with Crippen molar-refractivity contribution in [3.8, 4) is 0 Å². The van der Waals surface area contributed by atoms with Crippen LogP contribution >= 0.6 is 11.6 Å². The SMILES string of the molecule is Cn1c2c(c(=O)n1CCOCCO)N(Cc1ccc(Cl)cc1)C(OCc1cccc(C(F)(F)F)c1)N2. The minimum atomic E-state index is -4.45. The summed E-state index contributed by atoms with van der Waals surface area (Å²) in [6, 6.07) is 12.1. The number of hydrogen-bond acceptors (Lipinski definition) is 6. The van der Waals surface area contributed by atoms with E-state index in [1.165, 1.54) is 10.7 Å². The molecule has 0 aliphatic carbocycles. The Balaban J connectivity index is 1.58. The van der Waals surface area contributed by atoms with Gasteiger partial charge in [-0.3, -0.25) is 9.48 Å². The molecule has 1 atom stereocenters. The van der Waals surface area contributed by atoms with E-state index in [9.17, 15) is 18.0 Å². The maximum absolute atomic E-state index is 13.3. The van der Waals surface area contributed by atoms with E-state index in [1.807, 2.05) is 12.1 Å². The molecule has 8 nitrogen and oxygen atoms in total. The van der Waals surface area contributed by atoms with Crippen molar-refractivity contribution in [1.29, 1.82) is 0 Å². The van der Waals surface area contributed by atoms with Crippen molar-refractivity contribution in [2.45, 2.75) is 32.2 Å². The third-order valence-corrected chi connectivity index (χ3v) is 6.04. The maximum Gasteiger partial charge on any atom is 0.416 e. The number of rotatable bonds is 10. The van der Waals surface area contributed by atoms with Gasteiger partial charge in [0.15, 0.2) is 11.5 Å². The molecule has 36 heavy (non-hydrogen) atoms. The van der Waals surface area contributed by atoms with Gasteiger partial charge in [0.1, 0.15) is 0 Å². The molecule has 0 saturated carbocycles. The Kier molecular flexibility index (Phi) is 7.94. The van der Waals surface area contributed by atoms with Gasteiger partial charge in [-0.25, -0.2) is 4.68 Å². The molecule has 4 rings (SSSR count). The molecule has 0 radical (unpaired) electrons. The molecule has 12 heteroatoms. The van der Waals surface area contributed by atoms with E-state index in [1.54, 1.807) is 34.8 Å². The number of halogens is 4. The van der Waals surface area contributed by atoms with E-state index in [2.05, 4.69) is 5.32 Å². The summed E-state index contributed by atoms with van der Waals surface area (Å²) in [5, 5.41) is 12.6. The van der Waals surface area contributed by atoms with Gasteiger partial charge >= 0.3 is 6.18 Å². The van der Waals surface area contributed by atoms with Crippen molar-refractivity contribution in [2.75, 3.05) is 30.0 Å². The molecule has 0 fully saturated rings. The van der Waals surface area contributed by atoms with E-state index < -0.39 is 18.1 Å². The van der Waals surface area contributed by atoms with E-state index in [-0.39, 0.29) is 38.5 Å². The standard InChI is InChI=1S/C24H26ClF3N4O4/c1-30-21-20(22(34)32(30)9-11-35-12-10-33)31(14-16-5-7-19(25)8-6-16)23(29-21)36-15-17-3-2-4-18(13-17)24(26,27)28/h2-8,13,23,29,33H,9-12,14-15H2,1H3. The van der Waals surface area contributed by atoms with Gasteiger partial charge in [-0.2, -0.15) is 13.2 Å². The molecule has 0 spiro atoms. The maximum atomic E-state index is 13.3. The average molecular weight is 527 g/mol. The fourth-order valence-corrected chi connectivity index (χ4v) is 4.15. The summed E-state index contributed by atoms with van der Waals surface area (Å²) in [6.07, 6.45) is -5.25. The van der Waals surface area contributed by atoms with Crippen LogP contribution in [0.3, 0.4) is 0 Å². The van der Waals surface area contributed by atoms with Crippen molar-refractivity contribution in [2.24, 2.45) is 7.05 Å². The molecule has 0 bridgehead atoms. The second-order valence-electron chi connectivity index (χ2n) is 8.25. The molecule has 2 N–H and O–H groups in total. The van der Waals surface area contributed by atoms with Crippen LogP contribution in [0.1, 0.15) is 16.7 Å². The summed E-state index contributed by atoms with van der Waals surface area (Å²) < 4.78 is 53.8. The number of nitrogens with zero attached hydrogens (tertiary/aromatic N) is 3. The Morgan fingerprint density at radius 2 is 1.86 bits per heavy atom.